The highest BCUT2D eigenvalue weighted by molar-refractivity contribution is 5.96. The van der Waals surface area contributed by atoms with Gasteiger partial charge in [-0.15, -0.1) is 0 Å². The van der Waals surface area contributed by atoms with Crippen molar-refractivity contribution in [1.29, 1.82) is 0 Å². The second-order valence-corrected chi connectivity index (χ2v) is 9.74. The van der Waals surface area contributed by atoms with Crippen LogP contribution in [0.25, 0.3) is 0 Å². The van der Waals surface area contributed by atoms with Crippen LogP contribution in [0.2, 0.25) is 0 Å². The van der Waals surface area contributed by atoms with Crippen molar-refractivity contribution in [3.8, 4) is 11.5 Å². The van der Waals surface area contributed by atoms with Crippen LogP contribution in [0.15, 0.2) is 42.5 Å². The number of nitrogens with zero attached hydrogens (tertiary/aromatic N) is 2. The zero-order valence-electron chi connectivity index (χ0n) is 20.8. The number of piperazine rings is 1. The average Bonchev–Trinajstić information content (AvgIpc) is 2.83. The summed E-state index contributed by atoms with van der Waals surface area (Å²) in [5.41, 5.74) is 2.92. The number of amides is 2. The van der Waals surface area contributed by atoms with E-state index in [-0.39, 0.29) is 30.5 Å². The Bertz CT molecular complexity index is 1010. The van der Waals surface area contributed by atoms with Gasteiger partial charge in [0, 0.05) is 12.6 Å². The fourth-order valence-corrected chi connectivity index (χ4v) is 5.05. The van der Waals surface area contributed by atoms with Gasteiger partial charge in [-0.1, -0.05) is 55.2 Å². The molecule has 1 heterocycles. The number of rotatable bonds is 7. The largest absolute Gasteiger partial charge is 0.493 e. The van der Waals surface area contributed by atoms with Crippen molar-refractivity contribution in [3.05, 3.63) is 59.2 Å². The van der Waals surface area contributed by atoms with Crippen LogP contribution in [0.3, 0.4) is 0 Å². The summed E-state index contributed by atoms with van der Waals surface area (Å²) in [6.45, 7) is 6.50. The molecule has 0 unspecified atom stereocenters. The van der Waals surface area contributed by atoms with E-state index >= 15 is 0 Å². The molecular weight excluding hydrogens is 428 g/mol. The maximum Gasteiger partial charge on any atom is 0.250 e. The Kier molecular flexibility index (Phi) is 7.44. The first-order chi connectivity index (χ1) is 16.4. The molecule has 4 rings (SSSR count). The van der Waals surface area contributed by atoms with Gasteiger partial charge in [0.05, 0.1) is 13.2 Å². The average molecular weight is 465 g/mol. The molecular formula is C28H36N2O4. The molecule has 1 saturated carbocycles. The number of aryl methyl sites for hydroxylation is 1. The molecule has 2 aromatic rings. The number of ether oxygens (including phenoxy) is 2. The summed E-state index contributed by atoms with van der Waals surface area (Å²) in [5.74, 6) is 1.18. The summed E-state index contributed by atoms with van der Waals surface area (Å²) in [4.78, 5) is 31.0. The van der Waals surface area contributed by atoms with Gasteiger partial charge in [-0.05, 0) is 56.9 Å². The van der Waals surface area contributed by atoms with E-state index in [0.717, 1.165) is 42.4 Å². The summed E-state index contributed by atoms with van der Waals surface area (Å²) in [7, 11) is 1.60. The molecule has 0 spiro atoms. The lowest BCUT2D eigenvalue weighted by Gasteiger charge is -2.44. The van der Waals surface area contributed by atoms with Gasteiger partial charge < -0.3 is 19.3 Å². The zero-order valence-corrected chi connectivity index (χ0v) is 20.8. The number of hydrogen-bond acceptors (Lipinski definition) is 4. The minimum atomic E-state index is -0.688. The first-order valence-corrected chi connectivity index (χ1v) is 12.4. The fourth-order valence-electron chi connectivity index (χ4n) is 5.05. The second-order valence-electron chi connectivity index (χ2n) is 9.74. The van der Waals surface area contributed by atoms with Crippen molar-refractivity contribution >= 4 is 11.8 Å². The minimum Gasteiger partial charge on any atom is -0.493 e. The molecule has 0 aromatic heterocycles. The minimum absolute atomic E-state index is 0.00167. The summed E-state index contributed by atoms with van der Waals surface area (Å²) in [5, 5.41) is 0. The predicted octanol–water partition coefficient (Wildman–Crippen LogP) is 5.04. The van der Waals surface area contributed by atoms with Crippen LogP contribution in [0.1, 0.15) is 68.7 Å². The topological polar surface area (TPSA) is 59.1 Å². The van der Waals surface area contributed by atoms with Gasteiger partial charge in [0.25, 0.3) is 5.91 Å². The monoisotopic (exact) mass is 464 g/mol. The predicted molar refractivity (Wildman–Crippen MR) is 132 cm³/mol. The fraction of sp³-hybridized carbons (Fsp3) is 0.500. The van der Waals surface area contributed by atoms with Crippen LogP contribution in [-0.4, -0.2) is 47.4 Å². The molecule has 34 heavy (non-hydrogen) atoms. The summed E-state index contributed by atoms with van der Waals surface area (Å²) < 4.78 is 11.5. The van der Waals surface area contributed by atoms with Crippen LogP contribution in [0, 0.1) is 6.92 Å². The molecule has 182 valence electrons. The molecule has 2 amide bonds. The maximum absolute atomic E-state index is 13.9. The van der Waals surface area contributed by atoms with E-state index in [1.54, 1.807) is 12.0 Å². The molecule has 2 fully saturated rings. The molecule has 0 bridgehead atoms. The standard InChI is InChI=1S/C28H36N2O4/c1-19(2)34-24-15-14-22(16-25(24)33-4)27-28(32)29(23-8-6-5-7-9-23)18-26(31)30(27)17-21-12-10-20(3)11-13-21/h10-16,19,23,27H,5-9,17-18H2,1-4H3/t27-/m0/s1. The lowest BCUT2D eigenvalue weighted by atomic mass is 9.91. The number of hydrogen-bond donors (Lipinski definition) is 0. The molecule has 1 atom stereocenters. The van der Waals surface area contributed by atoms with Crippen molar-refractivity contribution in [3.63, 3.8) is 0 Å². The molecule has 6 nitrogen and oxygen atoms in total. The first kappa shape index (κ1) is 24.1. The van der Waals surface area contributed by atoms with Gasteiger partial charge >= 0.3 is 0 Å². The first-order valence-electron chi connectivity index (χ1n) is 12.4. The van der Waals surface area contributed by atoms with Crippen molar-refractivity contribution in [2.24, 2.45) is 0 Å². The van der Waals surface area contributed by atoms with Gasteiger partial charge in [-0.3, -0.25) is 9.59 Å². The van der Waals surface area contributed by atoms with Crippen LogP contribution in [-0.2, 0) is 16.1 Å². The molecule has 0 N–H and O–H groups in total. The van der Waals surface area contributed by atoms with E-state index < -0.39 is 6.04 Å². The highest BCUT2D eigenvalue weighted by atomic mass is 16.5. The normalized spacial score (nSPS) is 19.6. The Morgan fingerprint density at radius 1 is 0.971 bits per heavy atom. The lowest BCUT2D eigenvalue weighted by Crippen LogP contribution is -2.58. The van der Waals surface area contributed by atoms with Gasteiger partial charge in [0.2, 0.25) is 5.91 Å². The van der Waals surface area contributed by atoms with E-state index in [1.807, 2.05) is 68.1 Å². The molecule has 0 radical (unpaired) electrons. The summed E-state index contributed by atoms with van der Waals surface area (Å²) >= 11 is 0. The molecule has 6 heteroatoms. The number of benzene rings is 2. The third-order valence-corrected chi connectivity index (χ3v) is 6.81. The highest BCUT2D eigenvalue weighted by Crippen LogP contribution is 2.37. The van der Waals surface area contributed by atoms with Crippen molar-refractivity contribution in [2.75, 3.05) is 13.7 Å². The maximum atomic E-state index is 13.9. The molecule has 1 aliphatic heterocycles. The van der Waals surface area contributed by atoms with Gasteiger partial charge in [0.15, 0.2) is 11.5 Å². The molecule has 1 aliphatic carbocycles. The molecule has 2 aliphatic rings. The van der Waals surface area contributed by atoms with E-state index in [0.29, 0.717) is 18.0 Å². The third kappa shape index (κ3) is 5.21. The quantitative estimate of drug-likeness (QED) is 0.576. The summed E-state index contributed by atoms with van der Waals surface area (Å²) in [6, 6.07) is 13.2. The van der Waals surface area contributed by atoms with Crippen LogP contribution in [0.4, 0.5) is 0 Å². The van der Waals surface area contributed by atoms with Gasteiger partial charge in [-0.25, -0.2) is 0 Å². The van der Waals surface area contributed by atoms with Gasteiger partial charge in [-0.2, -0.15) is 0 Å². The Morgan fingerprint density at radius 2 is 1.68 bits per heavy atom. The van der Waals surface area contributed by atoms with Crippen molar-refractivity contribution in [1.82, 2.24) is 9.80 Å². The van der Waals surface area contributed by atoms with E-state index in [9.17, 15) is 9.59 Å². The Morgan fingerprint density at radius 3 is 2.32 bits per heavy atom. The third-order valence-electron chi connectivity index (χ3n) is 6.81. The van der Waals surface area contributed by atoms with Crippen LogP contribution >= 0.6 is 0 Å². The smallest absolute Gasteiger partial charge is 0.250 e. The van der Waals surface area contributed by atoms with Crippen LogP contribution in [0.5, 0.6) is 11.5 Å². The Labute approximate surface area is 202 Å². The second kappa shape index (κ2) is 10.5. The zero-order chi connectivity index (χ0) is 24.2. The number of carbonyl (C=O) groups is 2. The number of methoxy groups -OCH3 is 1. The lowest BCUT2D eigenvalue weighted by molar-refractivity contribution is -0.160. The summed E-state index contributed by atoms with van der Waals surface area (Å²) in [6.07, 6.45) is 5.34. The highest BCUT2D eigenvalue weighted by Gasteiger charge is 2.43. The molecule has 2 aromatic carbocycles. The van der Waals surface area contributed by atoms with E-state index in [2.05, 4.69) is 0 Å². The SMILES string of the molecule is COc1cc([C@H]2C(=O)N(C3CCCCC3)CC(=O)N2Cc2ccc(C)cc2)ccc1OC(C)C. The van der Waals surface area contributed by atoms with E-state index in [4.69, 9.17) is 9.47 Å². The molecule has 1 saturated heterocycles. The van der Waals surface area contributed by atoms with Crippen LogP contribution < -0.4 is 9.47 Å². The van der Waals surface area contributed by atoms with Crippen molar-refractivity contribution < 1.29 is 19.1 Å². The van der Waals surface area contributed by atoms with Gasteiger partial charge in [0.1, 0.15) is 12.6 Å². The number of carbonyl (C=O) groups excluding carboxylic acids is 2. The van der Waals surface area contributed by atoms with E-state index in [1.165, 1.54) is 6.42 Å². The van der Waals surface area contributed by atoms with Crippen molar-refractivity contribution in [2.45, 2.75) is 77.6 Å². The Balaban J connectivity index is 1.71. The Hall–Kier alpha value is -3.02.